The van der Waals surface area contributed by atoms with E-state index in [1.54, 1.807) is 0 Å². The fourth-order valence-electron chi connectivity index (χ4n) is 1.91. The van der Waals surface area contributed by atoms with Gasteiger partial charge in [-0.15, -0.1) is 0 Å². The van der Waals surface area contributed by atoms with Crippen molar-refractivity contribution in [2.45, 2.75) is 18.8 Å². The monoisotopic (exact) mass is 233 g/mol. The van der Waals surface area contributed by atoms with Crippen molar-refractivity contribution in [3.8, 4) is 0 Å². The average Bonchev–Trinajstić information content (AvgIpc) is 2.47. The SMILES string of the molecule is Cn1c(C2CCNCC2)nc(Cl)c1Cl. The minimum absolute atomic E-state index is 0.419. The molecule has 1 aliphatic rings. The van der Waals surface area contributed by atoms with E-state index in [1.807, 2.05) is 11.6 Å². The number of hydrogen-bond acceptors (Lipinski definition) is 2. The van der Waals surface area contributed by atoms with E-state index in [0.29, 0.717) is 16.2 Å². The summed E-state index contributed by atoms with van der Waals surface area (Å²) in [6, 6.07) is 0. The molecule has 0 aromatic carbocycles. The molecule has 1 aliphatic heterocycles. The van der Waals surface area contributed by atoms with Gasteiger partial charge in [0, 0.05) is 13.0 Å². The van der Waals surface area contributed by atoms with Gasteiger partial charge in [0.1, 0.15) is 11.0 Å². The number of nitrogens with one attached hydrogen (secondary N) is 1. The quantitative estimate of drug-likeness (QED) is 0.807. The molecule has 0 aliphatic carbocycles. The molecular formula is C9H13Cl2N3. The molecule has 1 fully saturated rings. The van der Waals surface area contributed by atoms with Crippen molar-refractivity contribution in [2.24, 2.45) is 7.05 Å². The summed E-state index contributed by atoms with van der Waals surface area (Å²) in [4.78, 5) is 4.30. The highest BCUT2D eigenvalue weighted by atomic mass is 35.5. The molecule has 2 heterocycles. The number of nitrogens with zero attached hydrogens (tertiary/aromatic N) is 2. The molecule has 1 aromatic rings. The van der Waals surface area contributed by atoms with Gasteiger partial charge in [0.2, 0.25) is 0 Å². The van der Waals surface area contributed by atoms with Gasteiger partial charge in [-0.1, -0.05) is 23.2 Å². The first-order chi connectivity index (χ1) is 6.70. The summed E-state index contributed by atoms with van der Waals surface area (Å²) in [6.45, 7) is 2.10. The minimum Gasteiger partial charge on any atom is -0.321 e. The molecule has 0 unspecified atom stereocenters. The molecule has 14 heavy (non-hydrogen) atoms. The Morgan fingerprint density at radius 1 is 1.36 bits per heavy atom. The number of rotatable bonds is 1. The van der Waals surface area contributed by atoms with Gasteiger partial charge in [-0.2, -0.15) is 0 Å². The van der Waals surface area contributed by atoms with Crippen molar-refractivity contribution in [2.75, 3.05) is 13.1 Å². The second-order valence-corrected chi connectivity index (χ2v) is 4.35. The van der Waals surface area contributed by atoms with E-state index in [9.17, 15) is 0 Å². The third kappa shape index (κ3) is 1.76. The molecule has 1 aromatic heterocycles. The Kier molecular flexibility index (Phi) is 3.00. The Balaban J connectivity index is 2.26. The lowest BCUT2D eigenvalue weighted by atomic mass is 9.97. The zero-order chi connectivity index (χ0) is 10.1. The largest absolute Gasteiger partial charge is 0.321 e. The summed E-state index contributed by atoms with van der Waals surface area (Å²) in [6.07, 6.45) is 2.22. The molecule has 0 atom stereocenters. The second kappa shape index (κ2) is 4.09. The summed E-state index contributed by atoms with van der Waals surface area (Å²) in [5.74, 6) is 1.51. The first kappa shape index (κ1) is 10.3. The maximum atomic E-state index is 5.97. The van der Waals surface area contributed by atoms with Crippen molar-refractivity contribution in [1.82, 2.24) is 14.9 Å². The van der Waals surface area contributed by atoms with E-state index < -0.39 is 0 Å². The zero-order valence-corrected chi connectivity index (χ0v) is 9.57. The van der Waals surface area contributed by atoms with Crippen LogP contribution in [-0.2, 0) is 7.05 Å². The Hall–Kier alpha value is -0.250. The van der Waals surface area contributed by atoms with Crippen LogP contribution in [0.3, 0.4) is 0 Å². The lowest BCUT2D eigenvalue weighted by molar-refractivity contribution is 0.437. The normalized spacial score (nSPS) is 18.8. The first-order valence-electron chi connectivity index (χ1n) is 4.78. The number of imidazole rings is 1. The molecule has 78 valence electrons. The van der Waals surface area contributed by atoms with Crippen molar-refractivity contribution < 1.29 is 0 Å². The van der Waals surface area contributed by atoms with Crippen LogP contribution in [-0.4, -0.2) is 22.6 Å². The van der Waals surface area contributed by atoms with E-state index >= 15 is 0 Å². The Morgan fingerprint density at radius 3 is 2.50 bits per heavy atom. The molecule has 1 saturated heterocycles. The van der Waals surface area contributed by atoms with Crippen molar-refractivity contribution >= 4 is 23.2 Å². The molecule has 0 bridgehead atoms. The summed E-state index contributed by atoms with van der Waals surface area (Å²) in [5.41, 5.74) is 0. The van der Waals surface area contributed by atoms with Gasteiger partial charge in [0.05, 0.1) is 0 Å². The highest BCUT2D eigenvalue weighted by Crippen LogP contribution is 2.29. The van der Waals surface area contributed by atoms with Gasteiger partial charge >= 0.3 is 0 Å². The average molecular weight is 234 g/mol. The Morgan fingerprint density at radius 2 is 2.00 bits per heavy atom. The molecule has 0 saturated carbocycles. The molecule has 3 nitrogen and oxygen atoms in total. The van der Waals surface area contributed by atoms with Crippen LogP contribution in [0.15, 0.2) is 0 Å². The van der Waals surface area contributed by atoms with E-state index in [4.69, 9.17) is 23.2 Å². The maximum Gasteiger partial charge on any atom is 0.166 e. The van der Waals surface area contributed by atoms with Gasteiger partial charge in [-0.25, -0.2) is 4.98 Å². The number of halogens is 2. The summed E-state index contributed by atoms with van der Waals surface area (Å²) in [7, 11) is 1.92. The van der Waals surface area contributed by atoms with Crippen LogP contribution < -0.4 is 5.32 Å². The third-order valence-electron chi connectivity index (χ3n) is 2.73. The fraction of sp³-hybridized carbons (Fsp3) is 0.667. The van der Waals surface area contributed by atoms with Crippen molar-refractivity contribution in [1.29, 1.82) is 0 Å². The van der Waals surface area contributed by atoms with Crippen LogP contribution in [0, 0.1) is 0 Å². The fourth-order valence-corrected chi connectivity index (χ4v) is 2.25. The smallest absolute Gasteiger partial charge is 0.166 e. The standard InChI is InChI=1S/C9H13Cl2N3/c1-14-8(11)7(10)13-9(14)6-2-4-12-5-3-6/h6,12H,2-5H2,1H3. The van der Waals surface area contributed by atoms with Gasteiger partial charge < -0.3 is 9.88 Å². The van der Waals surface area contributed by atoms with E-state index in [0.717, 1.165) is 31.8 Å². The number of piperidine rings is 1. The van der Waals surface area contributed by atoms with Crippen LogP contribution in [0.2, 0.25) is 10.3 Å². The number of aromatic nitrogens is 2. The molecular weight excluding hydrogens is 221 g/mol. The lowest BCUT2D eigenvalue weighted by Crippen LogP contribution is -2.27. The topological polar surface area (TPSA) is 29.9 Å². The summed E-state index contributed by atoms with van der Waals surface area (Å²) >= 11 is 11.8. The van der Waals surface area contributed by atoms with E-state index in [-0.39, 0.29) is 0 Å². The maximum absolute atomic E-state index is 5.97. The van der Waals surface area contributed by atoms with Gasteiger partial charge in [-0.3, -0.25) is 0 Å². The van der Waals surface area contributed by atoms with Crippen LogP contribution in [0.4, 0.5) is 0 Å². The van der Waals surface area contributed by atoms with Crippen molar-refractivity contribution in [3.05, 3.63) is 16.1 Å². The van der Waals surface area contributed by atoms with Gasteiger partial charge in [-0.05, 0) is 25.9 Å². The van der Waals surface area contributed by atoms with Crippen molar-refractivity contribution in [3.63, 3.8) is 0 Å². The molecule has 2 rings (SSSR count). The molecule has 0 radical (unpaired) electrons. The highest BCUT2D eigenvalue weighted by molar-refractivity contribution is 6.40. The lowest BCUT2D eigenvalue weighted by Gasteiger charge is -2.21. The highest BCUT2D eigenvalue weighted by Gasteiger charge is 2.22. The first-order valence-corrected chi connectivity index (χ1v) is 5.54. The van der Waals surface area contributed by atoms with Gasteiger partial charge in [0.25, 0.3) is 0 Å². The van der Waals surface area contributed by atoms with Crippen LogP contribution in [0.5, 0.6) is 0 Å². The third-order valence-corrected chi connectivity index (χ3v) is 3.52. The van der Waals surface area contributed by atoms with E-state index in [2.05, 4.69) is 10.3 Å². The van der Waals surface area contributed by atoms with Gasteiger partial charge in [0.15, 0.2) is 5.15 Å². The molecule has 0 spiro atoms. The van der Waals surface area contributed by atoms with Crippen LogP contribution in [0.1, 0.15) is 24.6 Å². The minimum atomic E-state index is 0.419. The molecule has 5 heteroatoms. The predicted molar refractivity (Wildman–Crippen MR) is 58.1 cm³/mol. The number of hydrogen-bond donors (Lipinski definition) is 1. The second-order valence-electron chi connectivity index (χ2n) is 3.63. The summed E-state index contributed by atoms with van der Waals surface area (Å²) < 4.78 is 1.89. The molecule has 0 amide bonds. The zero-order valence-electron chi connectivity index (χ0n) is 8.06. The summed E-state index contributed by atoms with van der Waals surface area (Å²) in [5, 5.41) is 4.28. The van der Waals surface area contributed by atoms with Crippen LogP contribution in [0.25, 0.3) is 0 Å². The predicted octanol–water partition coefficient (Wildman–Crippen LogP) is 2.19. The Bertz CT molecular complexity index is 329. The van der Waals surface area contributed by atoms with Crippen LogP contribution >= 0.6 is 23.2 Å². The van der Waals surface area contributed by atoms with E-state index in [1.165, 1.54) is 0 Å². The molecule has 1 N–H and O–H groups in total. The Labute approximate surface area is 93.4 Å².